The summed E-state index contributed by atoms with van der Waals surface area (Å²) in [6, 6.07) is 0.199. The molecule has 98 valence electrons. The number of hydrogen-bond acceptors (Lipinski definition) is 6. The molecule has 0 saturated carbocycles. The molecule has 1 aliphatic heterocycles. The Labute approximate surface area is 102 Å². The molecule has 0 aromatic heterocycles. The van der Waals surface area contributed by atoms with Crippen molar-refractivity contribution in [1.29, 1.82) is 0 Å². The number of aliphatic imine (C=N–C) groups is 1. The quantitative estimate of drug-likeness (QED) is 0.687. The second kappa shape index (κ2) is 5.48. The molecule has 0 amide bonds. The van der Waals surface area contributed by atoms with Gasteiger partial charge in [0.1, 0.15) is 21.4 Å². The fourth-order valence-electron chi connectivity index (χ4n) is 1.32. The Hall–Kier alpha value is -1.12. The number of likely N-dealkylation sites (N-methyl/N-ethyl adjacent to an activating group) is 1. The van der Waals surface area contributed by atoms with E-state index in [1.165, 1.54) is 7.05 Å². The van der Waals surface area contributed by atoms with Gasteiger partial charge in [0.25, 0.3) is 0 Å². The van der Waals surface area contributed by atoms with Crippen molar-refractivity contribution in [3.63, 3.8) is 0 Å². The minimum absolute atomic E-state index is 0.150. The molecule has 0 spiro atoms. The van der Waals surface area contributed by atoms with Crippen LogP contribution in [0.25, 0.3) is 0 Å². The van der Waals surface area contributed by atoms with Crippen LogP contribution in [0.4, 0.5) is 0 Å². The average Bonchev–Trinajstić information content (AvgIpc) is 2.30. The van der Waals surface area contributed by atoms with E-state index >= 15 is 0 Å². The maximum atomic E-state index is 11.9. The highest BCUT2D eigenvalue weighted by molar-refractivity contribution is 7.96. The van der Waals surface area contributed by atoms with Crippen LogP contribution in [0.15, 0.2) is 20.5 Å². The van der Waals surface area contributed by atoms with Gasteiger partial charge < -0.3 is 15.4 Å². The number of nitrogens with two attached hydrogens (primary N) is 2. The van der Waals surface area contributed by atoms with E-state index in [4.69, 9.17) is 15.6 Å². The second-order valence-corrected chi connectivity index (χ2v) is 5.80. The van der Waals surface area contributed by atoms with Crippen LogP contribution in [0.3, 0.4) is 0 Å². The summed E-state index contributed by atoms with van der Waals surface area (Å²) in [6.45, 7) is 1.02. The number of nitrogens with zero attached hydrogens (tertiary/aromatic N) is 3. The summed E-state index contributed by atoms with van der Waals surface area (Å²) in [4.78, 5) is 6.36. The molecule has 0 aromatic carbocycles. The predicted molar refractivity (Wildman–Crippen MR) is 68.7 cm³/mol. The Bertz CT molecular complexity index is 448. The highest BCUT2D eigenvalue weighted by Gasteiger charge is 2.24. The van der Waals surface area contributed by atoms with E-state index in [9.17, 15) is 4.21 Å². The molecule has 0 bridgehead atoms. The van der Waals surface area contributed by atoms with Crippen LogP contribution < -0.4 is 10.9 Å². The van der Waals surface area contributed by atoms with Crippen molar-refractivity contribution >= 4 is 15.8 Å². The lowest BCUT2D eigenvalue weighted by Crippen LogP contribution is -2.40. The molecule has 0 radical (unpaired) electrons. The fraction of sp³-hybridized carbons (Fsp3) is 0.667. The smallest absolute Gasteiger partial charge is 0.229 e. The van der Waals surface area contributed by atoms with Crippen LogP contribution in [-0.2, 0) is 14.7 Å². The Morgan fingerprint density at radius 2 is 2.35 bits per heavy atom. The van der Waals surface area contributed by atoms with Crippen molar-refractivity contribution in [2.45, 2.75) is 6.04 Å². The van der Waals surface area contributed by atoms with Crippen molar-refractivity contribution in [3.8, 4) is 0 Å². The van der Waals surface area contributed by atoms with E-state index in [0.29, 0.717) is 13.2 Å². The predicted octanol–water partition coefficient (Wildman–Crippen LogP) is -0.883. The number of hydrogen-bond donors (Lipinski definition) is 2. The highest BCUT2D eigenvalue weighted by atomic mass is 32.2. The Morgan fingerprint density at radius 1 is 1.71 bits per heavy atom. The standard InChI is InChI=1S/C9H19N5O2S/c1-12-17(11,15)8(4-10)9-13-5-7(6-16-9)14(2)3/h4,7H,5-6,10H2,1-3H3,(H2,11,12,15)/b8-4+. The third-order valence-electron chi connectivity index (χ3n) is 2.54. The third-order valence-corrected chi connectivity index (χ3v) is 4.02. The van der Waals surface area contributed by atoms with E-state index in [1.54, 1.807) is 0 Å². The molecule has 0 aliphatic carbocycles. The van der Waals surface area contributed by atoms with Gasteiger partial charge >= 0.3 is 0 Å². The van der Waals surface area contributed by atoms with E-state index < -0.39 is 9.92 Å². The van der Waals surface area contributed by atoms with Gasteiger partial charge in [-0.25, -0.2) is 18.7 Å². The fourth-order valence-corrected chi connectivity index (χ4v) is 2.08. The topological polar surface area (TPSA) is 106 Å². The lowest BCUT2D eigenvalue weighted by atomic mass is 10.3. The molecule has 0 fully saturated rings. The maximum Gasteiger partial charge on any atom is 0.229 e. The maximum absolute atomic E-state index is 11.9. The average molecular weight is 261 g/mol. The highest BCUT2D eigenvalue weighted by Crippen LogP contribution is 2.13. The summed E-state index contributed by atoms with van der Waals surface area (Å²) in [5.41, 5.74) is 5.41. The zero-order chi connectivity index (χ0) is 13.1. The molecular weight excluding hydrogens is 242 g/mol. The Morgan fingerprint density at radius 3 is 2.71 bits per heavy atom. The molecule has 8 heteroatoms. The molecule has 2 atom stereocenters. The number of rotatable bonds is 3. The van der Waals surface area contributed by atoms with Crippen LogP contribution in [0.2, 0.25) is 0 Å². The molecule has 1 rings (SSSR count). The van der Waals surface area contributed by atoms with Crippen LogP contribution in [0, 0.1) is 0 Å². The summed E-state index contributed by atoms with van der Waals surface area (Å²) in [5.74, 6) is 0.226. The first-order valence-corrected chi connectivity index (χ1v) is 6.69. The van der Waals surface area contributed by atoms with Crippen molar-refractivity contribution in [2.75, 3.05) is 34.3 Å². The van der Waals surface area contributed by atoms with E-state index in [-0.39, 0.29) is 16.8 Å². The Balaban J connectivity index is 2.93. The van der Waals surface area contributed by atoms with Gasteiger partial charge in [0.2, 0.25) is 5.90 Å². The molecule has 1 aliphatic rings. The number of ether oxygens (including phenoxy) is 1. The lowest BCUT2D eigenvalue weighted by Gasteiger charge is -2.27. The van der Waals surface area contributed by atoms with Gasteiger partial charge in [-0.3, -0.25) is 0 Å². The normalized spacial score (nSPS) is 24.9. The molecule has 17 heavy (non-hydrogen) atoms. The van der Waals surface area contributed by atoms with Gasteiger partial charge in [-0.15, -0.1) is 0 Å². The first kappa shape index (κ1) is 13.9. The lowest BCUT2D eigenvalue weighted by molar-refractivity contribution is 0.167. The minimum atomic E-state index is -3.01. The van der Waals surface area contributed by atoms with Crippen molar-refractivity contribution in [1.82, 2.24) is 4.90 Å². The monoisotopic (exact) mass is 261 g/mol. The minimum Gasteiger partial charge on any atom is -0.475 e. The summed E-state index contributed by atoms with van der Waals surface area (Å²) < 4.78 is 20.9. The summed E-state index contributed by atoms with van der Waals surface area (Å²) in [5, 5.41) is 5.54. The Kier molecular flexibility index (Phi) is 4.49. The van der Waals surface area contributed by atoms with Crippen molar-refractivity contribution < 1.29 is 8.95 Å². The molecule has 2 unspecified atom stereocenters. The van der Waals surface area contributed by atoms with Gasteiger partial charge in [0.05, 0.1) is 12.6 Å². The van der Waals surface area contributed by atoms with Crippen LogP contribution >= 0.6 is 0 Å². The van der Waals surface area contributed by atoms with Gasteiger partial charge in [-0.05, 0) is 14.1 Å². The molecular formula is C9H19N5O2S. The van der Waals surface area contributed by atoms with E-state index in [2.05, 4.69) is 9.36 Å². The first-order chi connectivity index (χ1) is 7.92. The summed E-state index contributed by atoms with van der Waals surface area (Å²) in [6.07, 6.45) is 1.14. The zero-order valence-electron chi connectivity index (χ0n) is 10.3. The van der Waals surface area contributed by atoms with Gasteiger partial charge in [0.15, 0.2) is 0 Å². The van der Waals surface area contributed by atoms with Crippen LogP contribution in [-0.4, -0.2) is 55.3 Å². The van der Waals surface area contributed by atoms with E-state index in [0.717, 1.165) is 6.20 Å². The third kappa shape index (κ3) is 3.18. The van der Waals surface area contributed by atoms with Crippen LogP contribution in [0.5, 0.6) is 0 Å². The summed E-state index contributed by atoms with van der Waals surface area (Å²) >= 11 is 0. The molecule has 0 saturated heterocycles. The van der Waals surface area contributed by atoms with E-state index in [1.807, 2.05) is 19.0 Å². The summed E-state index contributed by atoms with van der Waals surface area (Å²) in [7, 11) is 2.26. The second-order valence-electron chi connectivity index (χ2n) is 3.86. The van der Waals surface area contributed by atoms with Crippen molar-refractivity contribution in [2.24, 2.45) is 20.2 Å². The zero-order valence-corrected chi connectivity index (χ0v) is 11.1. The SMILES string of the molecule is CN=S(N)(=O)/C(=C/N)C1=NCC(N(C)C)CO1. The van der Waals surface area contributed by atoms with Gasteiger partial charge in [0, 0.05) is 13.2 Å². The van der Waals surface area contributed by atoms with Gasteiger partial charge in [-0.1, -0.05) is 0 Å². The molecule has 7 nitrogen and oxygen atoms in total. The molecule has 0 aromatic rings. The van der Waals surface area contributed by atoms with Gasteiger partial charge in [-0.2, -0.15) is 0 Å². The first-order valence-electron chi connectivity index (χ1n) is 5.11. The van der Waals surface area contributed by atoms with Crippen molar-refractivity contribution in [3.05, 3.63) is 11.1 Å². The van der Waals surface area contributed by atoms with Crippen LogP contribution in [0.1, 0.15) is 0 Å². The molecule has 1 heterocycles. The largest absolute Gasteiger partial charge is 0.475 e. The molecule has 4 N–H and O–H groups in total.